The largest absolute Gasteiger partial charge is 0.495 e. The number of nitrogens with one attached hydrogen (secondary N) is 1. The molecule has 0 aliphatic heterocycles. The molecule has 0 radical (unpaired) electrons. The van der Waals surface area contributed by atoms with Crippen LogP contribution in [-0.2, 0) is 4.79 Å². The van der Waals surface area contributed by atoms with Crippen molar-refractivity contribution in [2.24, 2.45) is 0 Å². The molecule has 144 valence electrons. The lowest BCUT2D eigenvalue weighted by molar-refractivity contribution is -0.122. The van der Waals surface area contributed by atoms with Crippen molar-refractivity contribution in [2.45, 2.75) is 13.0 Å². The highest BCUT2D eigenvalue weighted by Gasteiger charge is 2.19. The van der Waals surface area contributed by atoms with Gasteiger partial charge in [-0.1, -0.05) is 23.2 Å². The molecule has 0 saturated carbocycles. The highest BCUT2D eigenvalue weighted by atomic mass is 35.5. The molecule has 0 saturated heterocycles. The Balaban J connectivity index is 2.18. The van der Waals surface area contributed by atoms with E-state index in [9.17, 15) is 9.59 Å². The average molecular weight is 411 g/mol. The summed E-state index contributed by atoms with van der Waals surface area (Å²) in [6.07, 6.45) is -0.846. The molecule has 0 heterocycles. The van der Waals surface area contributed by atoms with Gasteiger partial charge < -0.3 is 19.7 Å². The Hall–Kier alpha value is -2.44. The van der Waals surface area contributed by atoms with E-state index in [-0.39, 0.29) is 5.91 Å². The Morgan fingerprint density at radius 3 is 2.33 bits per heavy atom. The fraction of sp³-hybridized carbons (Fsp3) is 0.263. The van der Waals surface area contributed by atoms with Crippen LogP contribution in [0.2, 0.25) is 10.0 Å². The topological polar surface area (TPSA) is 67.9 Å². The molecular weight excluding hydrogens is 391 g/mol. The van der Waals surface area contributed by atoms with E-state index in [1.807, 2.05) is 0 Å². The molecule has 0 aliphatic rings. The van der Waals surface area contributed by atoms with E-state index < -0.39 is 12.0 Å². The van der Waals surface area contributed by atoms with Gasteiger partial charge in [0.15, 0.2) is 6.10 Å². The Morgan fingerprint density at radius 2 is 1.74 bits per heavy atom. The molecule has 27 heavy (non-hydrogen) atoms. The zero-order chi connectivity index (χ0) is 20.1. The first kappa shape index (κ1) is 20.9. The molecule has 0 bridgehead atoms. The third-order valence-corrected chi connectivity index (χ3v) is 4.21. The van der Waals surface area contributed by atoms with Gasteiger partial charge in [-0.3, -0.25) is 9.59 Å². The number of rotatable bonds is 6. The van der Waals surface area contributed by atoms with Gasteiger partial charge in [0.05, 0.1) is 17.8 Å². The summed E-state index contributed by atoms with van der Waals surface area (Å²) in [4.78, 5) is 26.1. The fourth-order valence-corrected chi connectivity index (χ4v) is 2.70. The van der Waals surface area contributed by atoms with Crippen LogP contribution in [0, 0.1) is 0 Å². The summed E-state index contributed by atoms with van der Waals surface area (Å²) in [6, 6.07) is 9.54. The highest BCUT2D eigenvalue weighted by Crippen LogP contribution is 2.29. The number of hydrogen-bond acceptors (Lipinski definition) is 4. The van der Waals surface area contributed by atoms with Gasteiger partial charge in [0.2, 0.25) is 0 Å². The van der Waals surface area contributed by atoms with E-state index >= 15 is 0 Å². The Labute approximate surface area is 168 Å². The molecule has 2 aromatic carbocycles. The fourth-order valence-electron chi connectivity index (χ4n) is 2.25. The Kier molecular flexibility index (Phi) is 6.93. The molecule has 2 aromatic rings. The maximum Gasteiger partial charge on any atom is 0.265 e. The van der Waals surface area contributed by atoms with Crippen molar-refractivity contribution in [3.8, 4) is 11.5 Å². The van der Waals surface area contributed by atoms with Gasteiger partial charge in [-0.15, -0.1) is 0 Å². The third kappa shape index (κ3) is 5.28. The van der Waals surface area contributed by atoms with E-state index in [1.54, 1.807) is 51.4 Å². The lowest BCUT2D eigenvalue weighted by Crippen LogP contribution is -2.30. The van der Waals surface area contributed by atoms with Crippen LogP contribution in [0.5, 0.6) is 11.5 Å². The molecule has 8 heteroatoms. The molecule has 0 spiro atoms. The van der Waals surface area contributed by atoms with E-state index in [2.05, 4.69) is 5.32 Å². The maximum absolute atomic E-state index is 12.5. The van der Waals surface area contributed by atoms with Crippen molar-refractivity contribution in [3.05, 3.63) is 52.0 Å². The number of methoxy groups -OCH3 is 1. The first-order chi connectivity index (χ1) is 12.7. The molecule has 1 unspecified atom stereocenters. The minimum Gasteiger partial charge on any atom is -0.495 e. The molecule has 0 fully saturated rings. The van der Waals surface area contributed by atoms with Crippen LogP contribution >= 0.6 is 23.2 Å². The Bertz CT molecular complexity index is 856. The summed E-state index contributed by atoms with van der Waals surface area (Å²) in [7, 11) is 4.78. The molecule has 2 rings (SSSR count). The van der Waals surface area contributed by atoms with Crippen LogP contribution in [-0.4, -0.2) is 44.0 Å². The van der Waals surface area contributed by atoms with Crippen molar-refractivity contribution in [1.82, 2.24) is 4.90 Å². The van der Waals surface area contributed by atoms with E-state index in [4.69, 9.17) is 32.7 Å². The lowest BCUT2D eigenvalue weighted by atomic mass is 10.1. The number of amides is 2. The summed E-state index contributed by atoms with van der Waals surface area (Å²) in [6.45, 7) is 1.58. The van der Waals surface area contributed by atoms with Gasteiger partial charge in [-0.25, -0.2) is 0 Å². The van der Waals surface area contributed by atoms with Crippen LogP contribution in [0.15, 0.2) is 36.4 Å². The minimum absolute atomic E-state index is 0.189. The molecule has 2 amide bonds. The van der Waals surface area contributed by atoms with Crippen LogP contribution < -0.4 is 14.8 Å². The summed E-state index contributed by atoms with van der Waals surface area (Å²) in [5, 5.41) is 3.49. The second-order valence-corrected chi connectivity index (χ2v) is 6.78. The van der Waals surface area contributed by atoms with Gasteiger partial charge in [-0.2, -0.15) is 0 Å². The molecule has 0 aliphatic carbocycles. The predicted molar refractivity (Wildman–Crippen MR) is 106 cm³/mol. The van der Waals surface area contributed by atoms with Gasteiger partial charge in [0.1, 0.15) is 11.5 Å². The Morgan fingerprint density at radius 1 is 1.07 bits per heavy atom. The van der Waals surface area contributed by atoms with Gasteiger partial charge in [0, 0.05) is 24.7 Å². The van der Waals surface area contributed by atoms with E-state index in [0.717, 1.165) is 0 Å². The number of carbonyl (C=O) groups is 2. The quantitative estimate of drug-likeness (QED) is 0.777. The molecular formula is C19H20Cl2N2O4. The van der Waals surface area contributed by atoms with Crippen molar-refractivity contribution < 1.29 is 19.1 Å². The second-order valence-electron chi connectivity index (χ2n) is 5.94. The monoisotopic (exact) mass is 410 g/mol. The first-order valence-corrected chi connectivity index (χ1v) is 8.80. The predicted octanol–water partition coefficient (Wildman–Crippen LogP) is 4.11. The number of nitrogens with zero attached hydrogens (tertiary/aromatic N) is 1. The summed E-state index contributed by atoms with van der Waals surface area (Å²) in [5.41, 5.74) is 0.790. The van der Waals surface area contributed by atoms with Crippen LogP contribution in [0.1, 0.15) is 17.3 Å². The van der Waals surface area contributed by atoms with Crippen molar-refractivity contribution in [1.29, 1.82) is 0 Å². The number of halogens is 2. The van der Waals surface area contributed by atoms with Crippen LogP contribution in [0.4, 0.5) is 5.69 Å². The van der Waals surface area contributed by atoms with Crippen molar-refractivity contribution in [2.75, 3.05) is 26.5 Å². The lowest BCUT2D eigenvalue weighted by Gasteiger charge is -2.18. The number of benzene rings is 2. The smallest absolute Gasteiger partial charge is 0.265 e. The molecule has 0 aromatic heterocycles. The van der Waals surface area contributed by atoms with Gasteiger partial charge in [-0.05, 0) is 43.3 Å². The van der Waals surface area contributed by atoms with E-state index in [0.29, 0.717) is 32.8 Å². The minimum atomic E-state index is -0.846. The molecule has 1 atom stereocenters. The normalized spacial score (nSPS) is 11.5. The van der Waals surface area contributed by atoms with Crippen molar-refractivity contribution >= 4 is 40.7 Å². The number of anilines is 1. The summed E-state index contributed by atoms with van der Waals surface area (Å²) in [5.74, 6) is 0.154. The van der Waals surface area contributed by atoms with Crippen LogP contribution in [0.3, 0.4) is 0 Å². The third-order valence-electron chi connectivity index (χ3n) is 3.68. The number of carbonyl (C=O) groups excluding carboxylic acids is 2. The van der Waals surface area contributed by atoms with Gasteiger partial charge in [0.25, 0.3) is 11.8 Å². The zero-order valence-electron chi connectivity index (χ0n) is 15.4. The number of ether oxygens (including phenoxy) is 2. The van der Waals surface area contributed by atoms with E-state index in [1.165, 1.54) is 18.1 Å². The maximum atomic E-state index is 12.5. The highest BCUT2D eigenvalue weighted by molar-refractivity contribution is 6.35. The van der Waals surface area contributed by atoms with Crippen molar-refractivity contribution in [3.63, 3.8) is 0 Å². The standard InChI is InChI=1S/C19H20Cl2N2O4/c1-11(27-16-8-6-13(20)10-14(16)21)18(24)22-15-9-12(19(25)23(2)3)5-7-17(15)26-4/h5-11H,1-4H3,(H,22,24). The zero-order valence-corrected chi connectivity index (χ0v) is 16.9. The summed E-state index contributed by atoms with van der Waals surface area (Å²) >= 11 is 11.9. The van der Waals surface area contributed by atoms with Gasteiger partial charge >= 0.3 is 0 Å². The second kappa shape index (κ2) is 8.97. The number of hydrogen-bond donors (Lipinski definition) is 1. The SMILES string of the molecule is COc1ccc(C(=O)N(C)C)cc1NC(=O)C(C)Oc1ccc(Cl)cc1Cl. The van der Waals surface area contributed by atoms with Crippen LogP contribution in [0.25, 0.3) is 0 Å². The molecule has 1 N–H and O–H groups in total. The first-order valence-electron chi connectivity index (χ1n) is 8.05. The average Bonchev–Trinajstić information content (AvgIpc) is 2.63. The molecule has 6 nitrogen and oxygen atoms in total. The summed E-state index contributed by atoms with van der Waals surface area (Å²) < 4.78 is 10.9.